The number of rotatable bonds is 4. The molecule has 1 unspecified atom stereocenters. The van der Waals surface area contributed by atoms with Crippen molar-refractivity contribution >= 4 is 46.3 Å². The molecule has 0 bridgehead atoms. The molecule has 1 aliphatic heterocycles. The maximum atomic E-state index is 15.2. The highest BCUT2D eigenvalue weighted by atomic mass is 35.5. The van der Waals surface area contributed by atoms with E-state index in [-0.39, 0.29) is 33.3 Å². The lowest BCUT2D eigenvalue weighted by Crippen LogP contribution is -2.22. The minimum absolute atomic E-state index is 0.101. The van der Waals surface area contributed by atoms with Crippen molar-refractivity contribution in [2.24, 2.45) is 0 Å². The topological polar surface area (TPSA) is 119 Å². The number of amides is 3. The second kappa shape index (κ2) is 9.75. The van der Waals surface area contributed by atoms with Crippen LogP contribution in [-0.4, -0.2) is 40.7 Å². The summed E-state index contributed by atoms with van der Waals surface area (Å²) in [4.78, 5) is 49.3. The smallest absolute Gasteiger partial charge is 0.417 e. The third kappa shape index (κ3) is 4.53. The van der Waals surface area contributed by atoms with E-state index in [1.807, 2.05) is 0 Å². The zero-order chi connectivity index (χ0) is 28.9. The van der Waals surface area contributed by atoms with Crippen molar-refractivity contribution in [3.8, 4) is 11.3 Å². The van der Waals surface area contributed by atoms with E-state index >= 15 is 4.39 Å². The van der Waals surface area contributed by atoms with Gasteiger partial charge in [-0.1, -0.05) is 29.8 Å². The number of alkyl halides is 3. The SMILES string of the molecule is COC(=O)c1ccc(-c2nn(C(=O)c3c(Cl)cccc3C(F)(F)F)c3cc(C4NC(=O)NC4=O)ccc23)c(F)c1. The van der Waals surface area contributed by atoms with Gasteiger partial charge in [-0.25, -0.2) is 14.0 Å². The predicted molar refractivity (Wildman–Crippen MR) is 132 cm³/mol. The second-order valence-electron chi connectivity index (χ2n) is 8.58. The molecule has 1 fully saturated rings. The molecule has 1 saturated heterocycles. The number of hydrogen-bond donors (Lipinski definition) is 2. The molecule has 3 aromatic carbocycles. The molecule has 40 heavy (non-hydrogen) atoms. The van der Waals surface area contributed by atoms with E-state index in [1.165, 1.54) is 30.3 Å². The van der Waals surface area contributed by atoms with Gasteiger partial charge in [0.25, 0.3) is 11.8 Å². The van der Waals surface area contributed by atoms with Crippen molar-refractivity contribution in [3.63, 3.8) is 0 Å². The van der Waals surface area contributed by atoms with E-state index in [9.17, 15) is 32.3 Å². The van der Waals surface area contributed by atoms with E-state index in [2.05, 4.69) is 20.5 Å². The highest BCUT2D eigenvalue weighted by molar-refractivity contribution is 6.34. The van der Waals surface area contributed by atoms with E-state index < -0.39 is 58.0 Å². The molecule has 5 rings (SSSR count). The standard InChI is InChI=1S/C26H15ClF4N4O5/c1-40-24(38)12-6-7-13(17(28)9-12)21-14-8-5-11(20-22(36)33-25(39)32-20)10-18(14)35(34-21)23(37)19-15(26(29,30)31)3-2-4-16(19)27/h2-10,20H,1H3,(H2,32,33,36,39). The minimum atomic E-state index is -4.95. The highest BCUT2D eigenvalue weighted by Gasteiger charge is 2.38. The number of aromatic nitrogens is 2. The number of nitrogens with zero attached hydrogens (tertiary/aromatic N) is 2. The molecule has 4 aromatic rings. The Labute approximate surface area is 226 Å². The fraction of sp³-hybridized carbons (Fsp3) is 0.115. The van der Waals surface area contributed by atoms with Gasteiger partial charge in [-0.3, -0.25) is 14.9 Å². The Bertz CT molecular complexity index is 1750. The Morgan fingerprint density at radius 1 is 1.07 bits per heavy atom. The molecule has 0 spiro atoms. The summed E-state index contributed by atoms with van der Waals surface area (Å²) in [6.45, 7) is 0. The van der Waals surface area contributed by atoms with Crippen LogP contribution in [0, 0.1) is 5.82 Å². The largest absolute Gasteiger partial charge is 0.465 e. The number of halogens is 5. The van der Waals surface area contributed by atoms with E-state index in [0.29, 0.717) is 10.7 Å². The molecule has 0 saturated carbocycles. The van der Waals surface area contributed by atoms with Crippen LogP contribution in [0.15, 0.2) is 54.6 Å². The van der Waals surface area contributed by atoms with Gasteiger partial charge in [0.05, 0.1) is 34.3 Å². The Kier molecular flexibility index (Phi) is 6.54. The zero-order valence-corrected chi connectivity index (χ0v) is 20.9. The fourth-order valence-electron chi connectivity index (χ4n) is 4.35. The average molecular weight is 575 g/mol. The number of hydrogen-bond acceptors (Lipinski definition) is 6. The van der Waals surface area contributed by atoms with Gasteiger partial charge in [0.2, 0.25) is 0 Å². The Balaban J connectivity index is 1.75. The number of fused-ring (bicyclic) bond motifs is 1. The van der Waals surface area contributed by atoms with E-state index in [0.717, 1.165) is 25.3 Å². The zero-order valence-electron chi connectivity index (χ0n) is 20.1. The maximum absolute atomic E-state index is 15.2. The van der Waals surface area contributed by atoms with E-state index in [4.69, 9.17) is 11.6 Å². The number of esters is 1. The quantitative estimate of drug-likeness (QED) is 0.204. The Morgan fingerprint density at radius 3 is 2.45 bits per heavy atom. The molecule has 1 atom stereocenters. The first-order valence-electron chi connectivity index (χ1n) is 11.3. The molecule has 204 valence electrons. The van der Waals surface area contributed by atoms with Gasteiger partial charge in [0, 0.05) is 10.9 Å². The number of urea groups is 1. The van der Waals surface area contributed by atoms with Crippen molar-refractivity contribution in [2.45, 2.75) is 12.2 Å². The molecule has 3 amide bonds. The molecular formula is C26H15ClF4N4O5. The van der Waals surface area contributed by atoms with Crippen molar-refractivity contribution in [3.05, 3.63) is 87.7 Å². The van der Waals surface area contributed by atoms with Crippen LogP contribution in [0.5, 0.6) is 0 Å². The molecule has 2 heterocycles. The molecule has 2 N–H and O–H groups in total. The van der Waals surface area contributed by atoms with Gasteiger partial charge in [-0.15, -0.1) is 0 Å². The summed E-state index contributed by atoms with van der Waals surface area (Å²) >= 11 is 6.05. The van der Waals surface area contributed by atoms with Crippen molar-refractivity contribution in [1.29, 1.82) is 0 Å². The van der Waals surface area contributed by atoms with Gasteiger partial charge >= 0.3 is 18.2 Å². The van der Waals surface area contributed by atoms with Gasteiger partial charge in [0.15, 0.2) is 0 Å². The number of imide groups is 1. The Hall–Kier alpha value is -4.78. The summed E-state index contributed by atoms with van der Waals surface area (Å²) < 4.78 is 61.8. The number of carbonyl (C=O) groups excluding carboxylic acids is 4. The second-order valence-corrected chi connectivity index (χ2v) is 8.99. The summed E-state index contributed by atoms with van der Waals surface area (Å²) in [6.07, 6.45) is -4.95. The average Bonchev–Trinajstić information content (AvgIpc) is 3.45. The molecule has 1 aromatic heterocycles. The van der Waals surface area contributed by atoms with Crippen LogP contribution < -0.4 is 10.6 Å². The van der Waals surface area contributed by atoms with Gasteiger partial charge in [-0.2, -0.15) is 23.0 Å². The predicted octanol–water partition coefficient (Wildman–Crippen LogP) is 4.87. The summed E-state index contributed by atoms with van der Waals surface area (Å²) in [7, 11) is 1.11. The fourth-order valence-corrected chi connectivity index (χ4v) is 4.61. The molecule has 1 aliphatic rings. The lowest BCUT2D eigenvalue weighted by Gasteiger charge is -2.14. The van der Waals surface area contributed by atoms with Crippen molar-refractivity contribution < 1.29 is 41.5 Å². The van der Waals surface area contributed by atoms with Crippen LogP contribution in [0.3, 0.4) is 0 Å². The molecule has 9 nitrogen and oxygen atoms in total. The van der Waals surface area contributed by atoms with Gasteiger partial charge < -0.3 is 10.1 Å². The number of carbonyl (C=O) groups is 4. The third-order valence-electron chi connectivity index (χ3n) is 6.18. The summed E-state index contributed by atoms with van der Waals surface area (Å²) in [5.74, 6) is -3.72. The summed E-state index contributed by atoms with van der Waals surface area (Å²) in [5.41, 5.74) is -2.58. The van der Waals surface area contributed by atoms with Gasteiger partial charge in [0.1, 0.15) is 17.6 Å². The summed E-state index contributed by atoms with van der Waals surface area (Å²) in [6, 6.07) is 8.28. The molecular weight excluding hydrogens is 560 g/mol. The molecule has 14 heteroatoms. The first-order valence-corrected chi connectivity index (χ1v) is 11.7. The van der Waals surface area contributed by atoms with Crippen LogP contribution in [0.2, 0.25) is 5.02 Å². The van der Waals surface area contributed by atoms with Crippen molar-refractivity contribution in [1.82, 2.24) is 20.4 Å². The highest BCUT2D eigenvalue weighted by Crippen LogP contribution is 2.37. The van der Waals surface area contributed by atoms with Crippen LogP contribution in [-0.2, 0) is 15.7 Å². The van der Waals surface area contributed by atoms with Crippen molar-refractivity contribution in [2.75, 3.05) is 7.11 Å². The maximum Gasteiger partial charge on any atom is 0.417 e. The lowest BCUT2D eigenvalue weighted by atomic mass is 10.0. The third-order valence-corrected chi connectivity index (χ3v) is 6.50. The normalized spacial score (nSPS) is 15.2. The molecule has 0 aliphatic carbocycles. The van der Waals surface area contributed by atoms with Crippen LogP contribution >= 0.6 is 11.6 Å². The summed E-state index contributed by atoms with van der Waals surface area (Å²) in [5, 5.41) is 8.21. The number of ether oxygens (including phenoxy) is 1. The number of benzene rings is 3. The first kappa shape index (κ1) is 26.8. The van der Waals surface area contributed by atoms with Crippen LogP contribution in [0.1, 0.15) is 37.9 Å². The van der Waals surface area contributed by atoms with Crippen LogP contribution in [0.4, 0.5) is 22.4 Å². The first-order chi connectivity index (χ1) is 18.9. The number of nitrogens with one attached hydrogen (secondary N) is 2. The molecule has 0 radical (unpaired) electrons. The van der Waals surface area contributed by atoms with E-state index in [1.54, 1.807) is 0 Å². The van der Waals surface area contributed by atoms with Crippen LogP contribution in [0.25, 0.3) is 22.2 Å². The lowest BCUT2D eigenvalue weighted by molar-refractivity contribution is -0.138. The monoisotopic (exact) mass is 574 g/mol. The number of methoxy groups -OCH3 is 1. The Morgan fingerprint density at radius 2 is 1.82 bits per heavy atom. The minimum Gasteiger partial charge on any atom is -0.465 e. The van der Waals surface area contributed by atoms with Gasteiger partial charge in [-0.05, 0) is 42.0 Å².